The van der Waals surface area contributed by atoms with Crippen molar-refractivity contribution in [3.8, 4) is 11.5 Å². The minimum atomic E-state index is 0.166. The van der Waals surface area contributed by atoms with Gasteiger partial charge < -0.3 is 20.1 Å². The zero-order valence-electron chi connectivity index (χ0n) is 12.4. The zero-order valence-corrected chi connectivity index (χ0v) is 14.0. The molecule has 0 atom stereocenters. The maximum Gasteiger partial charge on any atom is 0.172 e. The fourth-order valence-electron chi connectivity index (χ4n) is 3.06. The molecule has 1 saturated heterocycles. The van der Waals surface area contributed by atoms with Crippen LogP contribution < -0.4 is 10.1 Å². The van der Waals surface area contributed by atoms with E-state index in [0.29, 0.717) is 16.3 Å². The van der Waals surface area contributed by atoms with Gasteiger partial charge in [0.15, 0.2) is 11.5 Å². The summed E-state index contributed by atoms with van der Waals surface area (Å²) in [6, 6.07) is 5.33. The topological polar surface area (TPSA) is 44.7 Å². The SMILES string of the molecule is COc1cc(CNC2CCN(C3CC3)CC2)cc(Br)c1O. The number of aromatic hydroxyl groups is 1. The molecule has 116 valence electrons. The van der Waals surface area contributed by atoms with Crippen LogP contribution in [0.15, 0.2) is 16.6 Å². The number of likely N-dealkylation sites (tertiary alicyclic amines) is 1. The summed E-state index contributed by atoms with van der Waals surface area (Å²) in [7, 11) is 1.58. The number of hydrogen-bond donors (Lipinski definition) is 2. The van der Waals surface area contributed by atoms with Crippen molar-refractivity contribution >= 4 is 15.9 Å². The van der Waals surface area contributed by atoms with E-state index in [1.807, 2.05) is 12.1 Å². The van der Waals surface area contributed by atoms with E-state index in [-0.39, 0.29) is 5.75 Å². The van der Waals surface area contributed by atoms with Crippen LogP contribution in [-0.4, -0.2) is 42.3 Å². The minimum absolute atomic E-state index is 0.166. The van der Waals surface area contributed by atoms with E-state index in [1.165, 1.54) is 38.8 Å². The molecule has 1 aliphatic heterocycles. The summed E-state index contributed by atoms with van der Waals surface area (Å²) in [5.74, 6) is 0.684. The molecule has 0 bridgehead atoms. The van der Waals surface area contributed by atoms with Gasteiger partial charge in [-0.05, 0) is 72.4 Å². The molecule has 1 aromatic rings. The van der Waals surface area contributed by atoms with E-state index in [0.717, 1.165) is 18.2 Å². The largest absolute Gasteiger partial charge is 0.503 e. The predicted molar refractivity (Wildman–Crippen MR) is 86.8 cm³/mol. The lowest BCUT2D eigenvalue weighted by molar-refractivity contribution is 0.189. The second-order valence-corrected chi connectivity index (χ2v) is 6.91. The van der Waals surface area contributed by atoms with Crippen LogP contribution >= 0.6 is 15.9 Å². The van der Waals surface area contributed by atoms with Gasteiger partial charge in [-0.25, -0.2) is 0 Å². The van der Waals surface area contributed by atoms with Crippen LogP contribution in [0.2, 0.25) is 0 Å². The first-order chi connectivity index (χ1) is 10.2. The Bertz CT molecular complexity index is 497. The highest BCUT2D eigenvalue weighted by Gasteiger charge is 2.31. The number of hydrogen-bond acceptors (Lipinski definition) is 4. The summed E-state index contributed by atoms with van der Waals surface area (Å²) < 4.78 is 5.87. The van der Waals surface area contributed by atoms with Crippen molar-refractivity contribution in [2.24, 2.45) is 0 Å². The molecule has 2 aliphatic rings. The van der Waals surface area contributed by atoms with Crippen molar-refractivity contribution in [1.29, 1.82) is 0 Å². The maximum atomic E-state index is 9.83. The molecule has 1 aromatic carbocycles. The molecule has 0 aromatic heterocycles. The van der Waals surface area contributed by atoms with Crippen LogP contribution in [0.25, 0.3) is 0 Å². The van der Waals surface area contributed by atoms with E-state index in [2.05, 4.69) is 26.1 Å². The number of ether oxygens (including phenoxy) is 1. The van der Waals surface area contributed by atoms with Gasteiger partial charge in [0.25, 0.3) is 0 Å². The standard InChI is InChI=1S/C16H23BrN2O2/c1-21-15-9-11(8-14(17)16(15)20)10-18-12-4-6-19(7-5-12)13-2-3-13/h8-9,12-13,18,20H,2-7,10H2,1H3. The van der Waals surface area contributed by atoms with Gasteiger partial charge in [-0.15, -0.1) is 0 Å². The molecule has 4 nitrogen and oxygen atoms in total. The van der Waals surface area contributed by atoms with E-state index >= 15 is 0 Å². The Hall–Kier alpha value is -0.780. The molecule has 0 radical (unpaired) electrons. The highest BCUT2D eigenvalue weighted by Crippen LogP contribution is 2.35. The lowest BCUT2D eigenvalue weighted by Gasteiger charge is -2.32. The predicted octanol–water partition coefficient (Wildman–Crippen LogP) is 2.88. The van der Waals surface area contributed by atoms with E-state index < -0.39 is 0 Å². The quantitative estimate of drug-likeness (QED) is 0.853. The summed E-state index contributed by atoms with van der Waals surface area (Å²) in [4.78, 5) is 2.64. The fraction of sp³-hybridized carbons (Fsp3) is 0.625. The van der Waals surface area contributed by atoms with Gasteiger partial charge in [-0.3, -0.25) is 0 Å². The van der Waals surface area contributed by atoms with Crippen molar-refractivity contribution in [2.45, 2.75) is 44.3 Å². The second-order valence-electron chi connectivity index (χ2n) is 6.05. The van der Waals surface area contributed by atoms with Crippen molar-refractivity contribution < 1.29 is 9.84 Å². The summed E-state index contributed by atoms with van der Waals surface area (Å²) >= 11 is 3.37. The highest BCUT2D eigenvalue weighted by atomic mass is 79.9. The average Bonchev–Trinajstić information content (AvgIpc) is 3.33. The van der Waals surface area contributed by atoms with E-state index in [4.69, 9.17) is 4.74 Å². The normalized spacial score (nSPS) is 20.7. The maximum absolute atomic E-state index is 9.83. The molecular formula is C16H23BrN2O2. The van der Waals surface area contributed by atoms with Gasteiger partial charge >= 0.3 is 0 Å². The first-order valence-electron chi connectivity index (χ1n) is 7.70. The summed E-state index contributed by atoms with van der Waals surface area (Å²) in [5.41, 5.74) is 1.13. The van der Waals surface area contributed by atoms with E-state index in [1.54, 1.807) is 7.11 Å². The van der Waals surface area contributed by atoms with Crippen molar-refractivity contribution in [2.75, 3.05) is 20.2 Å². The number of nitrogens with one attached hydrogen (secondary N) is 1. The molecule has 1 saturated carbocycles. The Kier molecular flexibility index (Phi) is 4.72. The Labute approximate surface area is 134 Å². The minimum Gasteiger partial charge on any atom is -0.503 e. The fourth-order valence-corrected chi connectivity index (χ4v) is 3.54. The third-order valence-corrected chi connectivity index (χ3v) is 5.10. The third kappa shape index (κ3) is 3.71. The first kappa shape index (κ1) is 15.1. The molecule has 3 rings (SSSR count). The number of methoxy groups -OCH3 is 1. The molecule has 5 heteroatoms. The number of halogens is 1. The van der Waals surface area contributed by atoms with Crippen LogP contribution in [0.5, 0.6) is 11.5 Å². The molecule has 0 spiro atoms. The van der Waals surface area contributed by atoms with Crippen molar-refractivity contribution in [3.63, 3.8) is 0 Å². The number of rotatable bonds is 5. The molecule has 1 heterocycles. The lowest BCUT2D eigenvalue weighted by Crippen LogP contribution is -2.43. The molecule has 1 aliphatic carbocycles. The molecule has 0 unspecified atom stereocenters. The molecule has 0 amide bonds. The smallest absolute Gasteiger partial charge is 0.172 e. The van der Waals surface area contributed by atoms with Crippen LogP contribution in [0.3, 0.4) is 0 Å². The summed E-state index contributed by atoms with van der Waals surface area (Å²) in [5, 5.41) is 13.5. The van der Waals surface area contributed by atoms with E-state index in [9.17, 15) is 5.11 Å². The number of phenols is 1. The number of nitrogens with zero attached hydrogens (tertiary/aromatic N) is 1. The molecule has 2 fully saturated rings. The number of benzene rings is 1. The van der Waals surface area contributed by atoms with Crippen LogP contribution in [0, 0.1) is 0 Å². The first-order valence-corrected chi connectivity index (χ1v) is 8.49. The summed E-state index contributed by atoms with van der Waals surface area (Å²) in [6.07, 6.45) is 5.26. The van der Waals surface area contributed by atoms with Gasteiger partial charge in [0.2, 0.25) is 0 Å². The monoisotopic (exact) mass is 354 g/mol. The van der Waals surface area contributed by atoms with Gasteiger partial charge in [-0.2, -0.15) is 0 Å². The lowest BCUT2D eigenvalue weighted by atomic mass is 10.0. The Morgan fingerprint density at radius 1 is 1.29 bits per heavy atom. The van der Waals surface area contributed by atoms with Gasteiger partial charge in [-0.1, -0.05) is 0 Å². The van der Waals surface area contributed by atoms with Crippen LogP contribution in [0.4, 0.5) is 0 Å². The Morgan fingerprint density at radius 2 is 2.00 bits per heavy atom. The van der Waals surface area contributed by atoms with Crippen LogP contribution in [0.1, 0.15) is 31.2 Å². The Morgan fingerprint density at radius 3 is 2.62 bits per heavy atom. The Balaban J connectivity index is 1.52. The van der Waals surface area contributed by atoms with Gasteiger partial charge in [0.05, 0.1) is 11.6 Å². The number of piperidine rings is 1. The highest BCUT2D eigenvalue weighted by molar-refractivity contribution is 9.10. The van der Waals surface area contributed by atoms with Crippen molar-refractivity contribution in [1.82, 2.24) is 10.2 Å². The molecule has 2 N–H and O–H groups in total. The zero-order chi connectivity index (χ0) is 14.8. The van der Waals surface area contributed by atoms with Gasteiger partial charge in [0, 0.05) is 18.6 Å². The molecule has 21 heavy (non-hydrogen) atoms. The molecular weight excluding hydrogens is 332 g/mol. The van der Waals surface area contributed by atoms with Crippen LogP contribution in [-0.2, 0) is 6.54 Å². The third-order valence-electron chi connectivity index (χ3n) is 4.50. The van der Waals surface area contributed by atoms with Crippen molar-refractivity contribution in [3.05, 3.63) is 22.2 Å². The second kappa shape index (κ2) is 6.55. The summed E-state index contributed by atoms with van der Waals surface area (Å²) in [6.45, 7) is 3.26. The van der Waals surface area contributed by atoms with Gasteiger partial charge in [0.1, 0.15) is 0 Å². The average molecular weight is 355 g/mol. The number of phenolic OH excluding ortho intramolecular Hbond substituents is 1.